The number of anilines is 2. The number of nitrogens with zero attached hydrogens (tertiary/aromatic N) is 3. The fourth-order valence-corrected chi connectivity index (χ4v) is 6.34. The van der Waals surface area contributed by atoms with Crippen molar-refractivity contribution in [2.24, 2.45) is 5.73 Å². The molecule has 0 bridgehead atoms. The van der Waals surface area contributed by atoms with Gasteiger partial charge in [-0.2, -0.15) is 0 Å². The molecule has 0 saturated carbocycles. The molecule has 4 aliphatic heterocycles. The summed E-state index contributed by atoms with van der Waals surface area (Å²) in [6.07, 6.45) is 7.14. The number of piperidine rings is 1. The minimum atomic E-state index is -0.493. The summed E-state index contributed by atoms with van der Waals surface area (Å²) in [7, 11) is 0. The Morgan fingerprint density at radius 1 is 1.11 bits per heavy atom. The van der Waals surface area contributed by atoms with Crippen LogP contribution in [0.2, 0.25) is 0 Å². The molecule has 3 saturated heterocycles. The molecule has 2 aromatic rings. The molecule has 5 heterocycles. The van der Waals surface area contributed by atoms with Crippen molar-refractivity contribution in [2.45, 2.75) is 50.2 Å². The maximum Gasteiger partial charge on any atom is 0.252 e. The molecule has 1 aromatic carbocycles. The number of rotatable bonds is 5. The van der Waals surface area contributed by atoms with Gasteiger partial charge in [-0.25, -0.2) is 4.98 Å². The molecule has 9 heteroatoms. The van der Waals surface area contributed by atoms with Crippen LogP contribution in [0.25, 0.3) is 0 Å². The molecule has 0 radical (unpaired) electrons. The van der Waals surface area contributed by atoms with E-state index in [0.29, 0.717) is 35.8 Å². The summed E-state index contributed by atoms with van der Waals surface area (Å²) in [6, 6.07) is 6.52. The van der Waals surface area contributed by atoms with Crippen molar-refractivity contribution in [1.82, 2.24) is 14.8 Å². The molecular formula is C29H35N5O4. The van der Waals surface area contributed by atoms with Crippen molar-refractivity contribution >= 4 is 23.3 Å². The lowest BCUT2D eigenvalue weighted by Crippen LogP contribution is -2.61. The monoisotopic (exact) mass is 517 g/mol. The van der Waals surface area contributed by atoms with Crippen molar-refractivity contribution < 1.29 is 19.1 Å². The van der Waals surface area contributed by atoms with Gasteiger partial charge >= 0.3 is 0 Å². The van der Waals surface area contributed by atoms with Crippen molar-refractivity contribution in [3.05, 3.63) is 59.3 Å². The third-order valence-electron chi connectivity index (χ3n) is 8.61. The van der Waals surface area contributed by atoms with E-state index in [1.165, 1.54) is 11.6 Å². The maximum atomic E-state index is 12.5. The van der Waals surface area contributed by atoms with Crippen LogP contribution in [0.1, 0.15) is 64.6 Å². The number of carbonyl (C=O) groups excluding carboxylic acids is 2. The second-order valence-electron chi connectivity index (χ2n) is 10.7. The Balaban J connectivity index is 1.21. The van der Waals surface area contributed by atoms with E-state index in [-0.39, 0.29) is 5.91 Å². The molecule has 1 aromatic heterocycles. The number of fused-ring (bicyclic) bond motifs is 2. The van der Waals surface area contributed by atoms with Crippen LogP contribution < -0.4 is 15.8 Å². The summed E-state index contributed by atoms with van der Waals surface area (Å²) in [5, 5.41) is 3.49. The minimum Gasteiger partial charge on any atom is -0.486 e. The number of benzene rings is 1. The summed E-state index contributed by atoms with van der Waals surface area (Å²) >= 11 is 0. The molecule has 9 nitrogen and oxygen atoms in total. The van der Waals surface area contributed by atoms with E-state index in [2.05, 4.69) is 33.9 Å². The van der Waals surface area contributed by atoms with Crippen LogP contribution in [0.4, 0.5) is 11.5 Å². The zero-order valence-electron chi connectivity index (χ0n) is 21.7. The van der Waals surface area contributed by atoms with Crippen LogP contribution in [0.5, 0.6) is 5.75 Å². The van der Waals surface area contributed by atoms with E-state index in [4.69, 9.17) is 15.2 Å². The van der Waals surface area contributed by atoms with Gasteiger partial charge in [0.1, 0.15) is 12.4 Å². The van der Waals surface area contributed by atoms with Crippen LogP contribution in [-0.4, -0.2) is 72.0 Å². The lowest BCUT2D eigenvalue weighted by molar-refractivity contribution is -0.133. The summed E-state index contributed by atoms with van der Waals surface area (Å²) in [4.78, 5) is 33.3. The molecule has 38 heavy (non-hydrogen) atoms. The van der Waals surface area contributed by atoms with Gasteiger partial charge in [-0.15, -0.1) is 0 Å². The van der Waals surface area contributed by atoms with Crippen LogP contribution >= 0.6 is 0 Å². The number of ether oxygens (including phenoxy) is 2. The fraction of sp³-hybridized carbons (Fsp3) is 0.483. The van der Waals surface area contributed by atoms with Gasteiger partial charge in [0.15, 0.2) is 5.75 Å². The lowest BCUT2D eigenvalue weighted by Gasteiger charge is -2.47. The number of pyridine rings is 1. The Kier molecular flexibility index (Phi) is 6.80. The first-order valence-electron chi connectivity index (χ1n) is 13.6. The average molecular weight is 518 g/mol. The van der Waals surface area contributed by atoms with Gasteiger partial charge in [-0.1, -0.05) is 6.58 Å². The molecule has 0 aliphatic carbocycles. The summed E-state index contributed by atoms with van der Waals surface area (Å²) < 4.78 is 11.8. The summed E-state index contributed by atoms with van der Waals surface area (Å²) in [6.45, 7) is 8.88. The molecule has 4 aliphatic rings. The van der Waals surface area contributed by atoms with E-state index in [0.717, 1.165) is 87.7 Å². The van der Waals surface area contributed by atoms with Gasteiger partial charge in [0.05, 0.1) is 11.3 Å². The first-order valence-corrected chi connectivity index (χ1v) is 13.6. The molecule has 200 valence electrons. The van der Waals surface area contributed by atoms with E-state index in [1.807, 2.05) is 17.2 Å². The van der Waals surface area contributed by atoms with Crippen molar-refractivity contribution in [2.75, 3.05) is 44.7 Å². The second kappa shape index (κ2) is 10.4. The van der Waals surface area contributed by atoms with Gasteiger partial charge in [0, 0.05) is 44.1 Å². The highest BCUT2D eigenvalue weighted by Crippen LogP contribution is 2.42. The zero-order chi connectivity index (χ0) is 26.2. The maximum absolute atomic E-state index is 12.5. The Morgan fingerprint density at radius 2 is 1.87 bits per heavy atom. The number of carbonyl (C=O) groups is 2. The molecule has 3 N–H and O–H groups in total. The number of hydrogen-bond acceptors (Lipinski definition) is 7. The topological polar surface area (TPSA) is 110 Å². The first kappa shape index (κ1) is 24.9. The number of aromatic nitrogens is 1. The Bertz CT molecular complexity index is 1240. The highest BCUT2D eigenvalue weighted by molar-refractivity contribution is 5.98. The number of hydrogen-bond donors (Lipinski definition) is 2. The molecule has 3 fully saturated rings. The highest BCUT2D eigenvalue weighted by Gasteiger charge is 2.36. The molecule has 0 unspecified atom stereocenters. The van der Waals surface area contributed by atoms with E-state index in [1.54, 1.807) is 0 Å². The molecule has 6 rings (SSSR count). The largest absolute Gasteiger partial charge is 0.486 e. The predicted octanol–water partition coefficient (Wildman–Crippen LogP) is 3.29. The number of amides is 2. The Morgan fingerprint density at radius 3 is 2.58 bits per heavy atom. The van der Waals surface area contributed by atoms with Crippen LogP contribution in [0.15, 0.2) is 37.1 Å². The highest BCUT2D eigenvalue weighted by atomic mass is 16.5. The van der Waals surface area contributed by atoms with E-state index in [9.17, 15) is 9.59 Å². The number of primary amides is 1. The van der Waals surface area contributed by atoms with Gasteiger partial charge in [-0.3, -0.25) is 14.5 Å². The summed E-state index contributed by atoms with van der Waals surface area (Å²) in [5.74, 6) is 1.50. The van der Waals surface area contributed by atoms with Crippen LogP contribution in [0.3, 0.4) is 0 Å². The Hall–Kier alpha value is -3.43. The van der Waals surface area contributed by atoms with Gasteiger partial charge in [-0.05, 0) is 86.0 Å². The lowest BCUT2D eigenvalue weighted by atomic mass is 9.86. The molecule has 2 amide bonds. The first-order chi connectivity index (χ1) is 18.5. The Labute approximate surface area is 223 Å². The number of nitrogens with one attached hydrogen (secondary N) is 1. The molecule has 0 atom stereocenters. The van der Waals surface area contributed by atoms with Crippen LogP contribution in [-0.2, 0) is 16.1 Å². The SMILES string of the molecule is C=CC(=O)N1CC(N2CCC(c3cc4c(c(C(N)=O)c3)OCc3c(C5CCOCC5)ccnc3N4)CC2)C1. The predicted molar refractivity (Wildman–Crippen MR) is 144 cm³/mol. The van der Waals surface area contributed by atoms with E-state index >= 15 is 0 Å². The van der Waals surface area contributed by atoms with Gasteiger partial charge < -0.3 is 25.4 Å². The summed E-state index contributed by atoms with van der Waals surface area (Å²) in [5.41, 5.74) is 10.4. The minimum absolute atomic E-state index is 0.00533. The number of likely N-dealkylation sites (tertiary alicyclic amines) is 2. The average Bonchev–Trinajstić information content (AvgIpc) is 3.11. The fourth-order valence-electron chi connectivity index (χ4n) is 6.34. The van der Waals surface area contributed by atoms with Crippen LogP contribution in [0, 0.1) is 0 Å². The second-order valence-corrected chi connectivity index (χ2v) is 10.7. The quantitative estimate of drug-likeness (QED) is 0.586. The van der Waals surface area contributed by atoms with Gasteiger partial charge in [0.25, 0.3) is 5.91 Å². The third-order valence-corrected chi connectivity index (χ3v) is 8.61. The van der Waals surface area contributed by atoms with Crippen molar-refractivity contribution in [3.8, 4) is 5.75 Å². The van der Waals surface area contributed by atoms with Crippen molar-refractivity contribution in [3.63, 3.8) is 0 Å². The third kappa shape index (κ3) is 4.65. The van der Waals surface area contributed by atoms with E-state index < -0.39 is 5.91 Å². The standard InChI is InChI=1S/C29H35N5O4/c1-2-26(35)34-15-21(16-34)33-9-4-18(5-10-33)20-13-23(28(30)36)27-25(14-20)32-29-24(17-38-27)22(3-8-31-29)19-6-11-37-12-7-19/h2-3,8,13-14,18-19,21H,1,4-7,9-12,15-17H2,(H2,30,36)(H,31,32). The molecule has 0 spiro atoms. The normalized spacial score (nSPS) is 20.8. The van der Waals surface area contributed by atoms with Gasteiger partial charge in [0.2, 0.25) is 5.91 Å². The smallest absolute Gasteiger partial charge is 0.252 e. The van der Waals surface area contributed by atoms with Crippen molar-refractivity contribution in [1.29, 1.82) is 0 Å². The molecular weight excluding hydrogens is 482 g/mol. The number of nitrogens with two attached hydrogens (primary N) is 1. The zero-order valence-corrected chi connectivity index (χ0v) is 21.7.